The van der Waals surface area contributed by atoms with Gasteiger partial charge in [-0.1, -0.05) is 42.5 Å². The maximum absolute atomic E-state index is 14.1. The summed E-state index contributed by atoms with van der Waals surface area (Å²) in [6, 6.07) is 21.4. The maximum Gasteiger partial charge on any atom is 0.335 e. The zero-order valence-electron chi connectivity index (χ0n) is 19.8. The van der Waals surface area contributed by atoms with Gasteiger partial charge in [0.1, 0.15) is 29.0 Å². The van der Waals surface area contributed by atoms with E-state index in [1.54, 1.807) is 54.6 Å². The molecule has 4 aromatic carbocycles. The minimum absolute atomic E-state index is 0.0811. The van der Waals surface area contributed by atoms with Crippen molar-refractivity contribution in [3.05, 3.63) is 119 Å². The number of hydrogen-bond acceptors (Lipinski definition) is 4. The van der Waals surface area contributed by atoms with Crippen LogP contribution in [-0.4, -0.2) is 28.3 Å². The van der Waals surface area contributed by atoms with Crippen LogP contribution in [0.3, 0.4) is 0 Å². The van der Waals surface area contributed by atoms with Gasteiger partial charge < -0.3 is 10.2 Å². The van der Waals surface area contributed by atoms with Gasteiger partial charge in [0.2, 0.25) is 5.91 Å². The van der Waals surface area contributed by atoms with E-state index in [0.717, 1.165) is 12.1 Å². The topological polar surface area (TPSA) is 90.2 Å². The van der Waals surface area contributed by atoms with Crippen LogP contribution in [0.25, 0.3) is 17.2 Å². The fraction of sp³-hybridized carbons (Fsp3) is 0.0333. The number of aromatic hydroxyl groups is 1. The van der Waals surface area contributed by atoms with Gasteiger partial charge in [-0.3, -0.25) is 14.7 Å². The van der Waals surface area contributed by atoms with Crippen molar-refractivity contribution in [3.8, 4) is 16.9 Å². The molecule has 2 N–H and O–H groups in total. The van der Waals surface area contributed by atoms with Crippen LogP contribution >= 0.6 is 0 Å². The Balaban J connectivity index is 1.45. The second-order valence-corrected chi connectivity index (χ2v) is 8.56. The highest BCUT2D eigenvalue weighted by Crippen LogP contribution is 2.40. The smallest absolute Gasteiger partial charge is 0.335 e. The summed E-state index contributed by atoms with van der Waals surface area (Å²) in [6.45, 7) is 0. The van der Waals surface area contributed by atoms with Crippen molar-refractivity contribution >= 4 is 35.5 Å². The molecule has 38 heavy (non-hydrogen) atoms. The Hall–Kier alpha value is -5.11. The molecule has 0 radical (unpaired) electrons. The van der Waals surface area contributed by atoms with E-state index in [1.807, 2.05) is 0 Å². The summed E-state index contributed by atoms with van der Waals surface area (Å²) in [5.41, 5.74) is 2.58. The first-order valence-electron chi connectivity index (χ1n) is 11.6. The van der Waals surface area contributed by atoms with Crippen molar-refractivity contribution in [3.63, 3.8) is 0 Å². The van der Waals surface area contributed by atoms with Gasteiger partial charge in [0.15, 0.2) is 0 Å². The molecule has 0 saturated carbocycles. The summed E-state index contributed by atoms with van der Waals surface area (Å²) in [6.07, 6.45) is 4.25. The molecule has 8 heteroatoms. The number of benzene rings is 4. The first-order valence-corrected chi connectivity index (χ1v) is 11.6. The van der Waals surface area contributed by atoms with E-state index in [0.29, 0.717) is 22.4 Å². The van der Waals surface area contributed by atoms with Crippen LogP contribution in [0.1, 0.15) is 27.4 Å². The number of aromatic carboxylic acids is 1. The average molecular weight is 510 g/mol. The van der Waals surface area contributed by atoms with Crippen LogP contribution in [-0.2, 0) is 4.79 Å². The molecule has 6 nitrogen and oxygen atoms in total. The molecule has 1 unspecified atom stereocenters. The number of halogens is 2. The minimum Gasteiger partial charge on any atom is -0.505 e. The standard InChI is InChI=1S/C30H20F2N2O4/c31-21-12-11-18(25(32)16-21)13-14-34-27-10-2-1-7-23(27)24(29(34)36)17-33-26-9-4-8-22(28(26)35)19-5-3-6-20(15-19)30(37)38/h1-17,24,35H,(H,37,38). The van der Waals surface area contributed by atoms with Gasteiger partial charge in [0, 0.05) is 29.6 Å². The molecule has 1 amide bonds. The summed E-state index contributed by atoms with van der Waals surface area (Å²) in [4.78, 5) is 30.4. The van der Waals surface area contributed by atoms with E-state index in [4.69, 9.17) is 0 Å². The molecule has 5 rings (SSSR count). The lowest BCUT2D eigenvalue weighted by atomic mass is 10.0. The monoisotopic (exact) mass is 510 g/mol. The zero-order chi connectivity index (χ0) is 26.8. The van der Waals surface area contributed by atoms with E-state index < -0.39 is 23.5 Å². The Bertz CT molecular complexity index is 1630. The molecule has 188 valence electrons. The molecule has 1 heterocycles. The van der Waals surface area contributed by atoms with Crippen LogP contribution in [0.2, 0.25) is 0 Å². The van der Waals surface area contributed by atoms with Gasteiger partial charge in [-0.15, -0.1) is 0 Å². The number of nitrogens with zero attached hydrogens (tertiary/aromatic N) is 2. The number of carboxylic acid groups (broad SMARTS) is 1. The van der Waals surface area contributed by atoms with Crippen LogP contribution in [0, 0.1) is 11.6 Å². The molecule has 0 aromatic heterocycles. The maximum atomic E-state index is 14.1. The molecular formula is C30H20F2N2O4. The zero-order valence-corrected chi connectivity index (χ0v) is 19.8. The van der Waals surface area contributed by atoms with Gasteiger partial charge in [0.25, 0.3) is 0 Å². The molecule has 1 aliphatic heterocycles. The number of hydrogen-bond donors (Lipinski definition) is 2. The van der Waals surface area contributed by atoms with Crippen LogP contribution in [0.4, 0.5) is 20.2 Å². The molecular weight excluding hydrogens is 490 g/mol. The number of rotatable bonds is 6. The molecule has 0 fully saturated rings. The number of amides is 1. The Morgan fingerprint density at radius 2 is 1.74 bits per heavy atom. The van der Waals surface area contributed by atoms with Gasteiger partial charge >= 0.3 is 5.97 Å². The van der Waals surface area contributed by atoms with Crippen LogP contribution in [0.5, 0.6) is 5.75 Å². The predicted octanol–water partition coefficient (Wildman–Crippen LogP) is 6.54. The molecule has 0 saturated heterocycles. The highest BCUT2D eigenvalue weighted by atomic mass is 19.1. The Kier molecular flexibility index (Phi) is 6.53. The summed E-state index contributed by atoms with van der Waals surface area (Å²) >= 11 is 0. The number of aliphatic imine (C=N–C) groups is 1. The summed E-state index contributed by atoms with van der Waals surface area (Å²) in [5.74, 6) is -3.79. The first-order chi connectivity index (χ1) is 18.3. The number of phenolic OH excluding ortho intramolecular Hbond substituents is 1. The number of carboxylic acids is 1. The van der Waals surface area contributed by atoms with Crippen molar-refractivity contribution in [1.29, 1.82) is 0 Å². The van der Waals surface area contributed by atoms with E-state index >= 15 is 0 Å². The van der Waals surface area contributed by atoms with Gasteiger partial charge in [0.05, 0.1) is 11.3 Å². The fourth-order valence-corrected chi connectivity index (χ4v) is 4.30. The van der Waals surface area contributed by atoms with Crippen molar-refractivity contribution in [1.82, 2.24) is 0 Å². The van der Waals surface area contributed by atoms with Crippen molar-refractivity contribution < 1.29 is 28.6 Å². The van der Waals surface area contributed by atoms with Crippen molar-refractivity contribution in [2.24, 2.45) is 4.99 Å². The number of carbonyl (C=O) groups excluding carboxylic acids is 1. The van der Waals surface area contributed by atoms with Crippen LogP contribution in [0.15, 0.2) is 96.1 Å². The quantitative estimate of drug-likeness (QED) is 0.288. The number of para-hydroxylation sites is 2. The minimum atomic E-state index is -1.08. The number of carbonyl (C=O) groups is 2. The van der Waals surface area contributed by atoms with Crippen molar-refractivity contribution in [2.45, 2.75) is 5.92 Å². The van der Waals surface area contributed by atoms with Gasteiger partial charge in [-0.05, 0) is 53.6 Å². The third-order valence-electron chi connectivity index (χ3n) is 6.20. The second-order valence-electron chi connectivity index (χ2n) is 8.56. The third-order valence-corrected chi connectivity index (χ3v) is 6.20. The van der Waals surface area contributed by atoms with Gasteiger partial charge in [-0.2, -0.15) is 0 Å². The van der Waals surface area contributed by atoms with Crippen molar-refractivity contribution in [2.75, 3.05) is 4.90 Å². The Morgan fingerprint density at radius 1 is 0.947 bits per heavy atom. The van der Waals surface area contributed by atoms with E-state index in [9.17, 15) is 28.6 Å². The fourth-order valence-electron chi connectivity index (χ4n) is 4.30. The van der Waals surface area contributed by atoms with Gasteiger partial charge in [-0.25, -0.2) is 13.6 Å². The Morgan fingerprint density at radius 3 is 2.53 bits per heavy atom. The van der Waals surface area contributed by atoms with E-state index in [-0.39, 0.29) is 28.5 Å². The molecule has 4 aromatic rings. The SMILES string of the molecule is O=C(O)c1cccc(-c2cccc(N=CC3C(=O)N(C=Cc4ccc(F)cc4F)c4ccccc43)c2O)c1. The molecule has 0 spiro atoms. The highest BCUT2D eigenvalue weighted by Gasteiger charge is 2.35. The summed E-state index contributed by atoms with van der Waals surface area (Å²) < 4.78 is 27.3. The van der Waals surface area contributed by atoms with E-state index in [1.165, 1.54) is 41.6 Å². The lowest BCUT2D eigenvalue weighted by molar-refractivity contribution is -0.117. The predicted molar refractivity (Wildman–Crippen MR) is 141 cm³/mol. The number of anilines is 1. The average Bonchev–Trinajstić information content (AvgIpc) is 3.18. The first kappa shape index (κ1) is 24.6. The van der Waals surface area contributed by atoms with Crippen LogP contribution < -0.4 is 4.90 Å². The van der Waals surface area contributed by atoms with E-state index in [2.05, 4.69) is 4.99 Å². The molecule has 0 bridgehead atoms. The molecule has 1 aliphatic rings. The number of fused-ring (bicyclic) bond motifs is 1. The number of phenols is 1. The lowest BCUT2D eigenvalue weighted by Gasteiger charge is -2.12. The normalized spacial score (nSPS) is 14.9. The molecule has 1 atom stereocenters. The Labute approximate surface area is 216 Å². The molecule has 0 aliphatic carbocycles. The summed E-state index contributed by atoms with van der Waals surface area (Å²) in [7, 11) is 0. The third kappa shape index (κ3) is 4.67. The second kappa shape index (κ2) is 10.1. The highest BCUT2D eigenvalue weighted by molar-refractivity contribution is 6.15. The summed E-state index contributed by atoms with van der Waals surface area (Å²) in [5, 5.41) is 20.2. The lowest BCUT2D eigenvalue weighted by Crippen LogP contribution is -2.23. The largest absolute Gasteiger partial charge is 0.505 e.